The summed E-state index contributed by atoms with van der Waals surface area (Å²) >= 11 is 0. The second-order valence-electron chi connectivity index (χ2n) is 8.16. The van der Waals surface area contributed by atoms with Gasteiger partial charge in [-0.15, -0.1) is 0 Å². The predicted molar refractivity (Wildman–Crippen MR) is 112 cm³/mol. The number of esters is 1. The summed E-state index contributed by atoms with van der Waals surface area (Å²) in [7, 11) is -0.302. The molecule has 1 aromatic carbocycles. The number of aldehydes is 1. The molecule has 29 heavy (non-hydrogen) atoms. The Morgan fingerprint density at radius 2 is 1.93 bits per heavy atom. The highest BCUT2D eigenvalue weighted by Gasteiger charge is 2.48. The first-order valence-electron chi connectivity index (χ1n) is 10.6. The Labute approximate surface area is 174 Å². The smallest absolute Gasteiger partial charge is 0.339 e. The fourth-order valence-electron chi connectivity index (χ4n) is 4.49. The average Bonchev–Trinajstić information content (AvgIpc) is 3.11. The van der Waals surface area contributed by atoms with E-state index in [1.54, 1.807) is 13.2 Å². The van der Waals surface area contributed by atoms with E-state index in [0.717, 1.165) is 35.5 Å². The van der Waals surface area contributed by atoms with Gasteiger partial charge in [0.05, 0.1) is 18.8 Å². The minimum absolute atomic E-state index is 0.175. The third-order valence-electron chi connectivity index (χ3n) is 6.72. The van der Waals surface area contributed by atoms with Crippen LogP contribution in [0.3, 0.4) is 0 Å². The monoisotopic (exact) mass is 420 g/mol. The van der Waals surface area contributed by atoms with Gasteiger partial charge in [-0.3, -0.25) is 0 Å². The molecule has 1 aromatic rings. The summed E-state index contributed by atoms with van der Waals surface area (Å²) in [5.41, 5.74) is 1.53. The normalized spacial score (nSPS) is 23.1. The molecule has 0 N–H and O–H groups in total. The fraction of sp³-hybridized carbons (Fsp3) is 0.636. The van der Waals surface area contributed by atoms with Crippen molar-refractivity contribution in [3.8, 4) is 11.5 Å². The summed E-state index contributed by atoms with van der Waals surface area (Å²) in [6, 6.07) is 4.87. The molecule has 0 saturated heterocycles. The van der Waals surface area contributed by atoms with Crippen LogP contribution < -0.4 is 9.47 Å². The minimum Gasteiger partial charge on any atom is -0.496 e. The van der Waals surface area contributed by atoms with Crippen LogP contribution in [0.5, 0.6) is 11.5 Å². The van der Waals surface area contributed by atoms with Gasteiger partial charge >= 0.3 is 5.97 Å². The van der Waals surface area contributed by atoms with Gasteiger partial charge in [0.2, 0.25) is 0 Å². The molecular formula is C22H32O6Si. The summed E-state index contributed by atoms with van der Waals surface area (Å²) in [5.74, 6) is 0.933. The molecule has 0 aliphatic carbocycles. The SMILES string of the molecule is CC[Si](CC)(CC)OC1Cc2c(OC)cc3c(c2O[C@@]1(C)CCC=O)COC3=O. The van der Waals surface area contributed by atoms with Crippen molar-refractivity contribution < 1.29 is 28.2 Å². The highest BCUT2D eigenvalue weighted by molar-refractivity contribution is 6.73. The molecule has 2 heterocycles. The van der Waals surface area contributed by atoms with Crippen molar-refractivity contribution in [2.75, 3.05) is 7.11 Å². The van der Waals surface area contributed by atoms with E-state index in [9.17, 15) is 9.59 Å². The Hall–Kier alpha value is -1.86. The van der Waals surface area contributed by atoms with Crippen LogP contribution in [-0.2, 0) is 27.0 Å². The van der Waals surface area contributed by atoms with E-state index in [-0.39, 0.29) is 18.7 Å². The Kier molecular flexibility index (Phi) is 6.38. The molecule has 2 aliphatic rings. The Balaban J connectivity index is 2.08. The summed E-state index contributed by atoms with van der Waals surface area (Å²) in [6.45, 7) is 8.84. The topological polar surface area (TPSA) is 71.1 Å². The predicted octanol–water partition coefficient (Wildman–Crippen LogP) is 4.43. The van der Waals surface area contributed by atoms with E-state index in [1.165, 1.54) is 0 Å². The summed E-state index contributed by atoms with van der Waals surface area (Å²) < 4.78 is 24.3. The van der Waals surface area contributed by atoms with Gasteiger partial charge < -0.3 is 23.4 Å². The van der Waals surface area contributed by atoms with E-state index < -0.39 is 13.9 Å². The molecule has 0 radical (unpaired) electrons. The van der Waals surface area contributed by atoms with E-state index in [1.807, 2.05) is 6.92 Å². The first kappa shape index (κ1) is 21.8. The Morgan fingerprint density at radius 3 is 2.52 bits per heavy atom. The van der Waals surface area contributed by atoms with E-state index in [0.29, 0.717) is 36.3 Å². The van der Waals surface area contributed by atoms with Crippen molar-refractivity contribution in [2.45, 2.75) is 83.4 Å². The van der Waals surface area contributed by atoms with Crippen LogP contribution in [0.1, 0.15) is 62.0 Å². The molecule has 7 heteroatoms. The highest BCUT2D eigenvalue weighted by Crippen LogP contribution is 2.47. The maximum absolute atomic E-state index is 12.1. The standard InChI is InChI=1S/C22H32O6Si/c1-6-29(7-2,8-3)28-19-13-16-18(25-5)12-15-17(14-26-21(15)24)20(16)27-22(19,4)10-9-11-23/h11-12,19H,6-10,13-14H2,1-5H3/t19?,22-/m0/s1. The molecular weight excluding hydrogens is 388 g/mol. The van der Waals surface area contributed by atoms with E-state index in [4.69, 9.17) is 18.6 Å². The van der Waals surface area contributed by atoms with Crippen molar-refractivity contribution in [1.82, 2.24) is 0 Å². The molecule has 0 fully saturated rings. The van der Waals surface area contributed by atoms with Crippen molar-refractivity contribution in [1.29, 1.82) is 0 Å². The molecule has 0 bridgehead atoms. The molecule has 160 valence electrons. The molecule has 2 aliphatic heterocycles. The third kappa shape index (κ3) is 3.82. The summed E-state index contributed by atoms with van der Waals surface area (Å²) in [6.07, 6.45) is 2.33. The zero-order valence-corrected chi connectivity index (χ0v) is 19.1. The van der Waals surface area contributed by atoms with Crippen LogP contribution in [0, 0.1) is 0 Å². The summed E-state index contributed by atoms with van der Waals surface area (Å²) in [4.78, 5) is 23.3. The molecule has 0 spiro atoms. The molecule has 6 nitrogen and oxygen atoms in total. The Morgan fingerprint density at radius 1 is 1.24 bits per heavy atom. The number of hydrogen-bond acceptors (Lipinski definition) is 6. The first-order valence-corrected chi connectivity index (χ1v) is 13.1. The lowest BCUT2D eigenvalue weighted by Crippen LogP contribution is -2.55. The van der Waals surface area contributed by atoms with E-state index >= 15 is 0 Å². The van der Waals surface area contributed by atoms with Crippen molar-refractivity contribution >= 4 is 20.6 Å². The van der Waals surface area contributed by atoms with Crippen molar-refractivity contribution in [3.05, 3.63) is 22.8 Å². The number of rotatable bonds is 9. The molecule has 0 aromatic heterocycles. The number of benzene rings is 1. The van der Waals surface area contributed by atoms with Crippen LogP contribution in [0.2, 0.25) is 18.1 Å². The zero-order chi connectivity index (χ0) is 21.2. The molecule has 0 saturated carbocycles. The average molecular weight is 421 g/mol. The number of ether oxygens (including phenoxy) is 3. The lowest BCUT2D eigenvalue weighted by Gasteiger charge is -2.46. The fourth-order valence-corrected chi connectivity index (χ4v) is 7.42. The number of hydrogen-bond donors (Lipinski definition) is 0. The second-order valence-corrected chi connectivity index (χ2v) is 12.9. The van der Waals surface area contributed by atoms with Gasteiger partial charge in [-0.25, -0.2) is 4.79 Å². The van der Waals surface area contributed by atoms with Crippen molar-refractivity contribution in [2.24, 2.45) is 0 Å². The second kappa shape index (κ2) is 8.48. The lowest BCUT2D eigenvalue weighted by atomic mass is 9.84. The van der Waals surface area contributed by atoms with E-state index in [2.05, 4.69) is 20.8 Å². The largest absolute Gasteiger partial charge is 0.496 e. The minimum atomic E-state index is -1.90. The van der Waals surface area contributed by atoms with Crippen LogP contribution >= 0.6 is 0 Å². The number of carbonyl (C=O) groups is 2. The zero-order valence-electron chi connectivity index (χ0n) is 18.1. The van der Waals surface area contributed by atoms with Crippen molar-refractivity contribution in [3.63, 3.8) is 0 Å². The first-order chi connectivity index (χ1) is 13.9. The number of fused-ring (bicyclic) bond motifs is 3. The molecule has 0 amide bonds. The number of methoxy groups -OCH3 is 1. The quantitative estimate of drug-likeness (QED) is 0.334. The molecule has 1 unspecified atom stereocenters. The van der Waals surface area contributed by atoms with Gasteiger partial charge in [0.1, 0.15) is 30.0 Å². The maximum atomic E-state index is 12.1. The Bertz CT molecular complexity index is 780. The molecule has 3 rings (SSSR count). The maximum Gasteiger partial charge on any atom is 0.339 e. The third-order valence-corrected chi connectivity index (χ3v) is 11.4. The lowest BCUT2D eigenvalue weighted by molar-refractivity contribution is -0.110. The summed E-state index contributed by atoms with van der Waals surface area (Å²) in [5, 5.41) is 0. The van der Waals surface area contributed by atoms with Crippen LogP contribution in [-0.4, -0.2) is 39.4 Å². The van der Waals surface area contributed by atoms with Gasteiger partial charge in [0.25, 0.3) is 0 Å². The van der Waals surface area contributed by atoms with Gasteiger partial charge in [-0.2, -0.15) is 0 Å². The van der Waals surface area contributed by atoms with Crippen LogP contribution in [0.15, 0.2) is 6.07 Å². The van der Waals surface area contributed by atoms with Gasteiger partial charge in [-0.1, -0.05) is 20.8 Å². The van der Waals surface area contributed by atoms with Gasteiger partial charge in [0, 0.05) is 24.0 Å². The number of carbonyl (C=O) groups excluding carboxylic acids is 2. The van der Waals surface area contributed by atoms with Crippen LogP contribution in [0.25, 0.3) is 0 Å². The van der Waals surface area contributed by atoms with Crippen LogP contribution in [0.4, 0.5) is 0 Å². The van der Waals surface area contributed by atoms with Gasteiger partial charge in [-0.05, 0) is 37.5 Å². The highest BCUT2D eigenvalue weighted by atomic mass is 28.4. The molecule has 2 atom stereocenters. The number of cyclic esters (lactones) is 1. The van der Waals surface area contributed by atoms with Gasteiger partial charge in [0.15, 0.2) is 8.32 Å².